The van der Waals surface area contributed by atoms with Gasteiger partial charge in [-0.2, -0.15) is 0 Å². The Bertz CT molecular complexity index is 872. The highest BCUT2D eigenvalue weighted by molar-refractivity contribution is 7.99. The summed E-state index contributed by atoms with van der Waals surface area (Å²) >= 11 is 1.74. The Hall–Kier alpha value is -2.37. The monoisotopic (exact) mass is 393 g/mol. The van der Waals surface area contributed by atoms with E-state index >= 15 is 0 Å². The number of thioether (sulfide) groups is 1. The van der Waals surface area contributed by atoms with Gasteiger partial charge in [0.25, 0.3) is 0 Å². The van der Waals surface area contributed by atoms with E-state index in [1.165, 1.54) is 16.0 Å². The van der Waals surface area contributed by atoms with E-state index in [-0.39, 0.29) is 0 Å². The fourth-order valence-corrected chi connectivity index (χ4v) is 4.05. The maximum Gasteiger partial charge on any atom is 0.192 e. The first kappa shape index (κ1) is 20.4. The molecule has 1 heterocycles. The fraction of sp³-hybridized carbons (Fsp3) is 0.304. The summed E-state index contributed by atoms with van der Waals surface area (Å²) in [7, 11) is 4.37. The number of nitrogens with zero attached hydrogens (tertiary/aromatic N) is 3. The van der Waals surface area contributed by atoms with Crippen molar-refractivity contribution in [3.63, 3.8) is 0 Å². The molecule has 0 amide bonds. The van der Waals surface area contributed by atoms with Crippen LogP contribution in [-0.4, -0.2) is 34.6 Å². The lowest BCUT2D eigenvalue weighted by Gasteiger charge is -2.20. The fourth-order valence-electron chi connectivity index (χ4n) is 3.30. The first-order valence-electron chi connectivity index (χ1n) is 9.80. The predicted molar refractivity (Wildman–Crippen MR) is 118 cm³/mol. The van der Waals surface area contributed by atoms with Gasteiger partial charge < -0.3 is 4.90 Å². The Morgan fingerprint density at radius 2 is 1.68 bits per heavy atom. The molecule has 0 bridgehead atoms. The normalized spacial score (nSPS) is 12.7. The van der Waals surface area contributed by atoms with Crippen LogP contribution in [0.2, 0.25) is 0 Å². The van der Waals surface area contributed by atoms with Gasteiger partial charge in [-0.15, -0.1) is 10.2 Å². The summed E-state index contributed by atoms with van der Waals surface area (Å²) in [5.74, 6) is 1.94. The number of hydrogen-bond donors (Lipinski definition) is 1. The minimum absolute atomic E-state index is 0.338. The van der Waals surface area contributed by atoms with Crippen molar-refractivity contribution in [3.05, 3.63) is 83.7 Å². The van der Waals surface area contributed by atoms with Gasteiger partial charge in [-0.25, -0.2) is 0 Å². The van der Waals surface area contributed by atoms with Gasteiger partial charge in [0, 0.05) is 12.2 Å². The molecule has 0 saturated carbocycles. The zero-order valence-corrected chi connectivity index (χ0v) is 17.7. The molecule has 2 aromatic carbocycles. The highest BCUT2D eigenvalue weighted by atomic mass is 32.2. The van der Waals surface area contributed by atoms with Crippen molar-refractivity contribution in [2.75, 3.05) is 19.8 Å². The Morgan fingerprint density at radius 1 is 1.00 bits per heavy atom. The van der Waals surface area contributed by atoms with E-state index in [1.54, 1.807) is 11.8 Å². The molecule has 0 aliphatic heterocycles. The van der Waals surface area contributed by atoms with Gasteiger partial charge in [0.05, 0.1) is 20.6 Å². The minimum Gasteiger partial charge on any atom is -0.331 e. The van der Waals surface area contributed by atoms with E-state index in [9.17, 15) is 0 Å². The molecule has 0 saturated heterocycles. The molecular formula is C23H29N4S+. The molecule has 146 valence electrons. The largest absolute Gasteiger partial charge is 0.331 e. The van der Waals surface area contributed by atoms with E-state index < -0.39 is 0 Å². The number of nitrogens with one attached hydrogen (secondary N) is 1. The van der Waals surface area contributed by atoms with Gasteiger partial charge in [-0.3, -0.25) is 4.57 Å². The van der Waals surface area contributed by atoms with Crippen LogP contribution >= 0.6 is 11.8 Å². The molecule has 0 fully saturated rings. The quantitative estimate of drug-likeness (QED) is 0.563. The highest BCUT2D eigenvalue weighted by Gasteiger charge is 2.24. The van der Waals surface area contributed by atoms with E-state index in [2.05, 4.69) is 103 Å². The summed E-state index contributed by atoms with van der Waals surface area (Å²) in [6, 6.07) is 21.3. The van der Waals surface area contributed by atoms with E-state index in [4.69, 9.17) is 0 Å². The first-order chi connectivity index (χ1) is 13.7. The zero-order chi connectivity index (χ0) is 19.8. The van der Waals surface area contributed by atoms with E-state index in [0.29, 0.717) is 6.04 Å². The predicted octanol–water partition coefficient (Wildman–Crippen LogP) is 3.73. The van der Waals surface area contributed by atoms with Crippen molar-refractivity contribution in [1.29, 1.82) is 0 Å². The Morgan fingerprint density at radius 3 is 2.32 bits per heavy atom. The molecule has 5 heteroatoms. The van der Waals surface area contributed by atoms with Crippen LogP contribution in [0.15, 0.2) is 71.9 Å². The van der Waals surface area contributed by atoms with Crippen molar-refractivity contribution in [2.24, 2.45) is 0 Å². The molecule has 0 radical (unpaired) electrons. The third kappa shape index (κ3) is 5.33. The van der Waals surface area contributed by atoms with Gasteiger partial charge in [-0.1, -0.05) is 91.5 Å². The molecule has 3 aromatic rings. The van der Waals surface area contributed by atoms with Crippen molar-refractivity contribution in [3.8, 4) is 0 Å². The van der Waals surface area contributed by atoms with Crippen LogP contribution in [0.3, 0.4) is 0 Å². The number of rotatable bonds is 9. The molecule has 0 aliphatic carbocycles. The molecule has 0 unspecified atom stereocenters. The summed E-state index contributed by atoms with van der Waals surface area (Å²) in [6.07, 6.45) is 5.38. The van der Waals surface area contributed by atoms with E-state index in [1.807, 2.05) is 6.07 Å². The first-order valence-corrected chi connectivity index (χ1v) is 10.8. The lowest BCUT2D eigenvalue weighted by molar-refractivity contribution is -0.893. The standard InChI is InChI=1S/C23H28N4S/c1-4-21(26(2)3)22-24-25-23(27(22)18-20-14-9-6-10-15-20)28-17-11-16-19-12-7-5-8-13-19/h5-16,21H,4,17-18H2,1-3H3/p+1/b16-11+/t21-/m1/s1. The number of aromatic nitrogens is 3. The maximum absolute atomic E-state index is 4.59. The molecule has 3 rings (SSSR count). The summed E-state index contributed by atoms with van der Waals surface area (Å²) in [5, 5.41) is 10.1. The molecule has 4 nitrogen and oxygen atoms in total. The van der Waals surface area contributed by atoms with Crippen molar-refractivity contribution < 1.29 is 4.90 Å². The van der Waals surface area contributed by atoms with Crippen LogP contribution in [0.5, 0.6) is 0 Å². The molecule has 1 atom stereocenters. The molecule has 0 spiro atoms. The molecule has 1 aromatic heterocycles. The minimum atomic E-state index is 0.338. The SMILES string of the molecule is CC[C@H](c1nnc(SC/C=C/c2ccccc2)n1Cc1ccccc1)[NH+](C)C. The van der Waals surface area contributed by atoms with Crippen LogP contribution in [0.1, 0.15) is 36.3 Å². The van der Waals surface area contributed by atoms with Gasteiger partial charge in [0.1, 0.15) is 6.04 Å². The maximum atomic E-state index is 4.59. The van der Waals surface area contributed by atoms with Crippen LogP contribution in [0.25, 0.3) is 6.08 Å². The average molecular weight is 394 g/mol. The number of quaternary nitrogens is 1. The third-order valence-corrected chi connectivity index (χ3v) is 5.68. The van der Waals surface area contributed by atoms with Crippen LogP contribution in [0, 0.1) is 0 Å². The summed E-state index contributed by atoms with van der Waals surface area (Å²) in [5.41, 5.74) is 2.49. The summed E-state index contributed by atoms with van der Waals surface area (Å²) in [4.78, 5) is 1.38. The average Bonchev–Trinajstić information content (AvgIpc) is 3.09. The molecule has 28 heavy (non-hydrogen) atoms. The molecule has 1 N–H and O–H groups in total. The van der Waals surface area contributed by atoms with Gasteiger partial charge in [0.15, 0.2) is 11.0 Å². The Labute approximate surface area is 172 Å². The molecular weight excluding hydrogens is 364 g/mol. The second-order valence-electron chi connectivity index (χ2n) is 7.07. The topological polar surface area (TPSA) is 35.1 Å². The summed E-state index contributed by atoms with van der Waals surface area (Å²) < 4.78 is 2.29. The lowest BCUT2D eigenvalue weighted by Crippen LogP contribution is -3.06. The highest BCUT2D eigenvalue weighted by Crippen LogP contribution is 2.22. The smallest absolute Gasteiger partial charge is 0.192 e. The Balaban J connectivity index is 1.79. The number of hydrogen-bond acceptors (Lipinski definition) is 3. The lowest BCUT2D eigenvalue weighted by atomic mass is 10.2. The van der Waals surface area contributed by atoms with E-state index in [0.717, 1.165) is 29.7 Å². The Kier molecular flexibility index (Phi) is 7.46. The zero-order valence-electron chi connectivity index (χ0n) is 16.9. The van der Waals surface area contributed by atoms with Gasteiger partial charge in [0.2, 0.25) is 0 Å². The van der Waals surface area contributed by atoms with Crippen LogP contribution in [-0.2, 0) is 6.54 Å². The van der Waals surface area contributed by atoms with Gasteiger partial charge >= 0.3 is 0 Å². The molecule has 0 aliphatic rings. The number of benzene rings is 2. The third-order valence-electron chi connectivity index (χ3n) is 4.76. The summed E-state index contributed by atoms with van der Waals surface area (Å²) in [6.45, 7) is 3.02. The van der Waals surface area contributed by atoms with Crippen LogP contribution in [0.4, 0.5) is 0 Å². The van der Waals surface area contributed by atoms with Crippen molar-refractivity contribution in [1.82, 2.24) is 14.8 Å². The van der Waals surface area contributed by atoms with Crippen LogP contribution < -0.4 is 4.90 Å². The van der Waals surface area contributed by atoms with Gasteiger partial charge in [-0.05, 0) is 11.1 Å². The van der Waals surface area contributed by atoms with Crippen molar-refractivity contribution >= 4 is 17.8 Å². The second kappa shape index (κ2) is 10.2. The second-order valence-corrected chi connectivity index (χ2v) is 8.06. The van der Waals surface area contributed by atoms with Crippen molar-refractivity contribution in [2.45, 2.75) is 31.1 Å².